The first-order valence-electron chi connectivity index (χ1n) is 7.76. The first kappa shape index (κ1) is 19.8. The number of carbonyl (C=O) groups is 2. The zero-order chi connectivity index (χ0) is 19.3. The van der Waals surface area contributed by atoms with E-state index in [0.717, 1.165) is 0 Å². The van der Waals surface area contributed by atoms with Crippen LogP contribution in [0.3, 0.4) is 0 Å². The molecule has 0 aliphatic carbocycles. The van der Waals surface area contributed by atoms with Crippen LogP contribution in [-0.4, -0.2) is 32.8 Å². The van der Waals surface area contributed by atoms with E-state index in [9.17, 15) is 9.59 Å². The number of hydrogen-bond donors (Lipinski definition) is 0. The van der Waals surface area contributed by atoms with Crippen molar-refractivity contribution in [3.05, 3.63) is 45.3 Å². The number of methoxy groups -OCH3 is 2. The molecule has 2 aromatic rings. The lowest BCUT2D eigenvalue weighted by Gasteiger charge is -2.13. The Morgan fingerprint density at radius 2 is 1.88 bits per heavy atom. The van der Waals surface area contributed by atoms with E-state index in [0.29, 0.717) is 39.7 Å². The molecule has 0 saturated carbocycles. The Hall–Kier alpha value is -2.48. The fraction of sp³-hybridized carbons (Fsp3) is 0.333. The van der Waals surface area contributed by atoms with Crippen LogP contribution < -0.4 is 9.47 Å². The minimum Gasteiger partial charge on any atom is -0.493 e. The molecule has 26 heavy (non-hydrogen) atoms. The Morgan fingerprint density at radius 3 is 2.50 bits per heavy atom. The molecule has 0 aliphatic heterocycles. The Morgan fingerprint density at radius 1 is 1.15 bits per heavy atom. The molecule has 0 bridgehead atoms. The first-order valence-corrected chi connectivity index (χ1v) is 8.55. The average Bonchev–Trinajstić information content (AvgIpc) is 3.01. The van der Waals surface area contributed by atoms with Gasteiger partial charge in [-0.05, 0) is 48.0 Å². The minimum atomic E-state index is -0.569. The van der Waals surface area contributed by atoms with Crippen LogP contribution in [-0.2, 0) is 16.1 Å². The molecule has 0 atom stereocenters. The van der Waals surface area contributed by atoms with E-state index in [1.807, 2.05) is 6.92 Å². The van der Waals surface area contributed by atoms with Crippen molar-refractivity contribution < 1.29 is 33.0 Å². The molecule has 0 N–H and O–H groups in total. The highest BCUT2D eigenvalue weighted by Gasteiger charge is 2.19. The normalized spacial score (nSPS) is 10.3. The van der Waals surface area contributed by atoms with Crippen LogP contribution in [0.15, 0.2) is 27.1 Å². The number of esters is 2. The molecule has 1 aromatic carbocycles. The summed E-state index contributed by atoms with van der Waals surface area (Å²) in [6, 6.07) is 4.61. The number of aryl methyl sites for hydroxylation is 1. The Labute approximate surface area is 159 Å². The van der Waals surface area contributed by atoms with Crippen molar-refractivity contribution in [2.45, 2.75) is 20.5 Å². The molecule has 1 heterocycles. The van der Waals surface area contributed by atoms with Crippen LogP contribution in [0.25, 0.3) is 0 Å². The van der Waals surface area contributed by atoms with Crippen molar-refractivity contribution in [3.8, 4) is 11.5 Å². The summed E-state index contributed by atoms with van der Waals surface area (Å²) in [5.74, 6) is 0.581. The molecular weight excluding hydrogens is 408 g/mol. The number of benzene rings is 1. The largest absolute Gasteiger partial charge is 0.493 e. The monoisotopic (exact) mass is 426 g/mol. The highest BCUT2D eigenvalue weighted by molar-refractivity contribution is 9.10. The fourth-order valence-corrected chi connectivity index (χ4v) is 2.83. The third kappa shape index (κ3) is 4.37. The number of ether oxygens (including phenoxy) is 4. The van der Waals surface area contributed by atoms with Crippen LogP contribution in [0.1, 0.15) is 39.2 Å². The Bertz CT molecular complexity index is 810. The molecule has 140 valence electrons. The molecule has 0 unspecified atom stereocenters. The minimum absolute atomic E-state index is 0.121. The average molecular weight is 427 g/mol. The van der Waals surface area contributed by atoms with Crippen molar-refractivity contribution in [1.29, 1.82) is 0 Å². The second-order valence-corrected chi connectivity index (χ2v) is 6.03. The lowest BCUT2D eigenvalue weighted by molar-refractivity contribution is 0.0443. The second-order valence-electron chi connectivity index (χ2n) is 5.17. The third-order valence-electron chi connectivity index (χ3n) is 3.47. The molecule has 8 heteroatoms. The van der Waals surface area contributed by atoms with Crippen molar-refractivity contribution in [1.82, 2.24) is 0 Å². The predicted molar refractivity (Wildman–Crippen MR) is 95.8 cm³/mol. The zero-order valence-electron chi connectivity index (χ0n) is 14.9. The predicted octanol–water partition coefficient (Wildman–Crippen LogP) is 3.90. The molecule has 1 aromatic heterocycles. The number of hydrogen-bond acceptors (Lipinski definition) is 7. The SMILES string of the molecule is CCOc1c(Br)cc(C(=O)OCc2cc(C(=O)OC)c(C)o2)cc1OC. The molecule has 0 spiro atoms. The summed E-state index contributed by atoms with van der Waals surface area (Å²) in [6.07, 6.45) is 0. The number of halogens is 1. The summed E-state index contributed by atoms with van der Waals surface area (Å²) in [5, 5.41) is 0. The summed E-state index contributed by atoms with van der Waals surface area (Å²) in [7, 11) is 2.77. The number of rotatable bonds is 7. The number of furan rings is 1. The second kappa shape index (κ2) is 8.75. The van der Waals surface area contributed by atoms with Gasteiger partial charge in [0.2, 0.25) is 0 Å². The summed E-state index contributed by atoms with van der Waals surface area (Å²) >= 11 is 3.36. The summed E-state index contributed by atoms with van der Waals surface area (Å²) in [6.45, 7) is 3.82. The summed E-state index contributed by atoms with van der Waals surface area (Å²) in [5.41, 5.74) is 0.581. The van der Waals surface area contributed by atoms with E-state index in [4.69, 9.17) is 18.6 Å². The van der Waals surface area contributed by atoms with Gasteiger partial charge >= 0.3 is 11.9 Å². The van der Waals surface area contributed by atoms with Crippen LogP contribution in [0.2, 0.25) is 0 Å². The van der Waals surface area contributed by atoms with Gasteiger partial charge in [-0.15, -0.1) is 0 Å². The smallest absolute Gasteiger partial charge is 0.341 e. The van der Waals surface area contributed by atoms with E-state index >= 15 is 0 Å². The summed E-state index contributed by atoms with van der Waals surface area (Å²) < 4.78 is 26.6. The van der Waals surface area contributed by atoms with Gasteiger partial charge in [-0.3, -0.25) is 0 Å². The van der Waals surface area contributed by atoms with Crippen molar-refractivity contribution in [2.24, 2.45) is 0 Å². The van der Waals surface area contributed by atoms with Gasteiger partial charge in [0.05, 0.1) is 30.9 Å². The maximum Gasteiger partial charge on any atom is 0.341 e. The molecular formula is C18H19BrO7. The van der Waals surface area contributed by atoms with Crippen molar-refractivity contribution >= 4 is 27.9 Å². The Kier molecular flexibility index (Phi) is 6.68. The highest BCUT2D eigenvalue weighted by atomic mass is 79.9. The summed E-state index contributed by atoms with van der Waals surface area (Å²) in [4.78, 5) is 23.9. The lowest BCUT2D eigenvalue weighted by atomic mass is 10.2. The molecule has 0 fully saturated rings. The van der Waals surface area contributed by atoms with Gasteiger partial charge in [0.25, 0.3) is 0 Å². The molecule has 0 saturated heterocycles. The van der Waals surface area contributed by atoms with E-state index in [1.165, 1.54) is 26.4 Å². The van der Waals surface area contributed by atoms with E-state index in [1.54, 1.807) is 13.0 Å². The molecule has 7 nitrogen and oxygen atoms in total. The number of carbonyl (C=O) groups excluding carboxylic acids is 2. The highest BCUT2D eigenvalue weighted by Crippen LogP contribution is 2.36. The van der Waals surface area contributed by atoms with Gasteiger partial charge in [0.15, 0.2) is 11.5 Å². The van der Waals surface area contributed by atoms with Crippen LogP contribution in [0.4, 0.5) is 0 Å². The maximum absolute atomic E-state index is 12.3. The lowest BCUT2D eigenvalue weighted by Crippen LogP contribution is -2.06. The van der Waals surface area contributed by atoms with E-state index in [-0.39, 0.29) is 12.2 Å². The van der Waals surface area contributed by atoms with Gasteiger partial charge in [0, 0.05) is 0 Å². The van der Waals surface area contributed by atoms with Gasteiger partial charge < -0.3 is 23.4 Å². The van der Waals surface area contributed by atoms with Crippen molar-refractivity contribution in [2.75, 3.05) is 20.8 Å². The fourth-order valence-electron chi connectivity index (χ4n) is 2.27. The maximum atomic E-state index is 12.3. The first-order chi connectivity index (χ1) is 12.4. The third-order valence-corrected chi connectivity index (χ3v) is 4.06. The van der Waals surface area contributed by atoms with E-state index in [2.05, 4.69) is 20.7 Å². The van der Waals surface area contributed by atoms with Crippen LogP contribution in [0.5, 0.6) is 11.5 Å². The van der Waals surface area contributed by atoms with Gasteiger partial charge in [-0.2, -0.15) is 0 Å². The van der Waals surface area contributed by atoms with Gasteiger partial charge in [-0.1, -0.05) is 0 Å². The van der Waals surface area contributed by atoms with Crippen LogP contribution in [0, 0.1) is 6.92 Å². The Balaban J connectivity index is 2.13. The quantitative estimate of drug-likeness (QED) is 0.620. The van der Waals surface area contributed by atoms with Crippen LogP contribution >= 0.6 is 15.9 Å². The topological polar surface area (TPSA) is 84.2 Å². The van der Waals surface area contributed by atoms with Crippen molar-refractivity contribution in [3.63, 3.8) is 0 Å². The van der Waals surface area contributed by atoms with Gasteiger partial charge in [-0.25, -0.2) is 9.59 Å². The molecule has 0 amide bonds. The zero-order valence-corrected chi connectivity index (χ0v) is 16.5. The standard InChI is InChI=1S/C18H19BrO7/c1-5-24-16-14(19)6-11(7-15(16)22-3)17(20)25-9-12-8-13(10(2)26-12)18(21)23-4/h6-8H,5,9H2,1-4H3. The van der Waals surface area contributed by atoms with E-state index < -0.39 is 11.9 Å². The molecule has 0 aliphatic rings. The van der Waals surface area contributed by atoms with Gasteiger partial charge in [0.1, 0.15) is 23.7 Å². The molecule has 0 radical (unpaired) electrons. The molecule has 2 rings (SSSR count).